The van der Waals surface area contributed by atoms with Gasteiger partial charge in [0.25, 0.3) is 5.91 Å². The summed E-state index contributed by atoms with van der Waals surface area (Å²) >= 11 is 0. The quantitative estimate of drug-likeness (QED) is 0.771. The maximum Gasteiger partial charge on any atom is 0.251 e. The Balaban J connectivity index is 2.20. The first-order chi connectivity index (χ1) is 11.2. The molecule has 2 rings (SSSR count). The second-order valence-electron chi connectivity index (χ2n) is 5.48. The number of phenolic OH excluding ortho intramolecular Hbond substituents is 1. The van der Waals surface area contributed by atoms with Gasteiger partial charge in [-0.25, -0.2) is 13.1 Å². The molecule has 0 bridgehead atoms. The van der Waals surface area contributed by atoms with E-state index in [1.54, 1.807) is 38.1 Å². The van der Waals surface area contributed by atoms with Crippen LogP contribution in [0.5, 0.6) is 5.75 Å². The van der Waals surface area contributed by atoms with Gasteiger partial charge >= 0.3 is 0 Å². The van der Waals surface area contributed by atoms with Crippen LogP contribution in [-0.4, -0.2) is 26.5 Å². The molecule has 128 valence electrons. The number of hydrogen-bond acceptors (Lipinski definition) is 4. The third-order valence-electron chi connectivity index (χ3n) is 3.76. The number of rotatable bonds is 5. The van der Waals surface area contributed by atoms with Crippen molar-refractivity contribution < 1.29 is 18.3 Å². The molecule has 0 aromatic heterocycles. The van der Waals surface area contributed by atoms with Crippen molar-refractivity contribution >= 4 is 15.9 Å². The lowest BCUT2D eigenvalue weighted by Gasteiger charge is -2.16. The van der Waals surface area contributed by atoms with E-state index in [2.05, 4.69) is 10.0 Å². The van der Waals surface area contributed by atoms with Crippen molar-refractivity contribution in [3.63, 3.8) is 0 Å². The number of carbonyl (C=O) groups excluding carboxylic acids is 1. The topological polar surface area (TPSA) is 95.5 Å². The second kappa shape index (κ2) is 7.02. The lowest BCUT2D eigenvalue weighted by molar-refractivity contribution is 0.0939. The molecule has 0 fully saturated rings. The molecule has 1 unspecified atom stereocenters. The summed E-state index contributed by atoms with van der Waals surface area (Å²) in [6.07, 6.45) is 0. The predicted molar refractivity (Wildman–Crippen MR) is 91.4 cm³/mol. The number of aromatic hydroxyl groups is 1. The van der Waals surface area contributed by atoms with Gasteiger partial charge in [-0.2, -0.15) is 0 Å². The fourth-order valence-electron chi connectivity index (χ4n) is 2.18. The Labute approximate surface area is 141 Å². The monoisotopic (exact) mass is 348 g/mol. The van der Waals surface area contributed by atoms with E-state index in [0.29, 0.717) is 16.7 Å². The molecule has 0 heterocycles. The van der Waals surface area contributed by atoms with Crippen LogP contribution >= 0.6 is 0 Å². The molecular formula is C17H20N2O4S. The zero-order valence-corrected chi connectivity index (χ0v) is 14.5. The van der Waals surface area contributed by atoms with Crippen LogP contribution in [0, 0.1) is 6.92 Å². The van der Waals surface area contributed by atoms with E-state index in [9.17, 15) is 18.3 Å². The van der Waals surface area contributed by atoms with E-state index >= 15 is 0 Å². The highest BCUT2D eigenvalue weighted by Crippen LogP contribution is 2.20. The van der Waals surface area contributed by atoms with Gasteiger partial charge in [-0.1, -0.05) is 18.2 Å². The van der Waals surface area contributed by atoms with Crippen molar-refractivity contribution in [1.82, 2.24) is 10.0 Å². The van der Waals surface area contributed by atoms with Gasteiger partial charge in [0.1, 0.15) is 5.75 Å². The number of nitrogens with one attached hydrogen (secondary N) is 2. The normalized spacial score (nSPS) is 12.6. The van der Waals surface area contributed by atoms with E-state index in [-0.39, 0.29) is 16.6 Å². The van der Waals surface area contributed by atoms with E-state index in [1.807, 2.05) is 0 Å². The van der Waals surface area contributed by atoms with E-state index in [0.717, 1.165) is 0 Å². The summed E-state index contributed by atoms with van der Waals surface area (Å²) in [6.45, 7) is 3.50. The summed E-state index contributed by atoms with van der Waals surface area (Å²) in [6, 6.07) is 10.7. The summed E-state index contributed by atoms with van der Waals surface area (Å²) in [5.41, 5.74) is 1.68. The predicted octanol–water partition coefficient (Wildman–Crippen LogP) is 2.10. The molecule has 0 saturated carbocycles. The highest BCUT2D eigenvalue weighted by atomic mass is 32.2. The van der Waals surface area contributed by atoms with E-state index < -0.39 is 16.1 Å². The summed E-state index contributed by atoms with van der Waals surface area (Å²) in [4.78, 5) is 12.4. The van der Waals surface area contributed by atoms with Crippen molar-refractivity contribution in [2.24, 2.45) is 0 Å². The summed E-state index contributed by atoms with van der Waals surface area (Å²) in [5.74, 6) is -0.294. The molecule has 0 saturated heterocycles. The summed E-state index contributed by atoms with van der Waals surface area (Å²) in [5, 5.41) is 12.5. The molecule has 0 aliphatic heterocycles. The zero-order valence-electron chi connectivity index (χ0n) is 13.7. The maximum absolute atomic E-state index is 12.3. The number of hydrogen-bond donors (Lipinski definition) is 3. The molecule has 24 heavy (non-hydrogen) atoms. The Bertz CT molecular complexity index is 863. The Morgan fingerprint density at radius 3 is 2.50 bits per heavy atom. The van der Waals surface area contributed by atoms with Crippen LogP contribution < -0.4 is 10.0 Å². The molecule has 0 radical (unpaired) electrons. The number of benzene rings is 2. The van der Waals surface area contributed by atoms with Crippen molar-refractivity contribution in [3.05, 3.63) is 59.2 Å². The first-order valence-electron chi connectivity index (χ1n) is 7.38. The van der Waals surface area contributed by atoms with Crippen LogP contribution in [0.2, 0.25) is 0 Å². The van der Waals surface area contributed by atoms with Gasteiger partial charge in [0.15, 0.2) is 0 Å². The number of phenols is 1. The van der Waals surface area contributed by atoms with Crippen molar-refractivity contribution in [2.75, 3.05) is 7.05 Å². The first kappa shape index (κ1) is 18.0. The SMILES string of the molecule is CNS(=O)(=O)c1cccc(C(C)NC(=O)c2ccc(C)c(O)c2)c1. The molecule has 7 heteroatoms. The van der Waals surface area contributed by atoms with Gasteiger partial charge in [0, 0.05) is 5.56 Å². The molecule has 2 aromatic rings. The fraction of sp³-hybridized carbons (Fsp3) is 0.235. The molecule has 0 spiro atoms. The minimum atomic E-state index is -3.54. The largest absolute Gasteiger partial charge is 0.508 e. The molecular weight excluding hydrogens is 328 g/mol. The summed E-state index contributed by atoms with van der Waals surface area (Å²) in [7, 11) is -2.20. The lowest BCUT2D eigenvalue weighted by atomic mass is 10.1. The van der Waals surface area contributed by atoms with Crippen LogP contribution in [0.1, 0.15) is 34.5 Å². The Morgan fingerprint density at radius 1 is 1.17 bits per heavy atom. The van der Waals surface area contributed by atoms with E-state index in [1.165, 1.54) is 25.2 Å². The highest BCUT2D eigenvalue weighted by Gasteiger charge is 2.16. The molecule has 1 atom stereocenters. The molecule has 2 aromatic carbocycles. The van der Waals surface area contributed by atoms with Gasteiger partial charge in [-0.05, 0) is 56.3 Å². The Morgan fingerprint density at radius 2 is 1.88 bits per heavy atom. The van der Waals surface area contributed by atoms with Gasteiger partial charge in [0.2, 0.25) is 10.0 Å². The third kappa shape index (κ3) is 3.93. The molecule has 0 aliphatic carbocycles. The van der Waals surface area contributed by atoms with Crippen LogP contribution in [0.4, 0.5) is 0 Å². The number of amides is 1. The number of aryl methyl sites for hydroxylation is 1. The maximum atomic E-state index is 12.3. The lowest BCUT2D eigenvalue weighted by Crippen LogP contribution is -2.27. The zero-order chi connectivity index (χ0) is 17.9. The summed E-state index contributed by atoms with van der Waals surface area (Å²) < 4.78 is 26.0. The highest BCUT2D eigenvalue weighted by molar-refractivity contribution is 7.89. The molecule has 6 nitrogen and oxygen atoms in total. The Kier molecular flexibility index (Phi) is 5.26. The smallest absolute Gasteiger partial charge is 0.251 e. The third-order valence-corrected chi connectivity index (χ3v) is 5.17. The van der Waals surface area contributed by atoms with Gasteiger partial charge in [-0.3, -0.25) is 4.79 Å². The molecule has 1 amide bonds. The van der Waals surface area contributed by atoms with Crippen LogP contribution in [0.3, 0.4) is 0 Å². The average molecular weight is 348 g/mol. The number of sulfonamides is 1. The van der Waals surface area contributed by atoms with Gasteiger partial charge in [0.05, 0.1) is 10.9 Å². The fourth-order valence-corrected chi connectivity index (χ4v) is 2.97. The van der Waals surface area contributed by atoms with Crippen LogP contribution in [-0.2, 0) is 10.0 Å². The standard InChI is InChI=1S/C17H20N2O4S/c1-11-7-8-14(10-16(11)20)17(21)19-12(2)13-5-4-6-15(9-13)24(22,23)18-3/h4-10,12,18,20H,1-3H3,(H,19,21). The van der Waals surface area contributed by atoms with E-state index in [4.69, 9.17) is 0 Å². The van der Waals surface area contributed by atoms with Crippen molar-refractivity contribution in [2.45, 2.75) is 24.8 Å². The minimum absolute atomic E-state index is 0.0532. The molecule has 3 N–H and O–H groups in total. The first-order valence-corrected chi connectivity index (χ1v) is 8.87. The minimum Gasteiger partial charge on any atom is -0.508 e. The average Bonchev–Trinajstić information content (AvgIpc) is 2.57. The number of carbonyl (C=O) groups is 1. The van der Waals surface area contributed by atoms with Gasteiger partial charge < -0.3 is 10.4 Å². The Hall–Kier alpha value is -2.38. The molecule has 0 aliphatic rings. The second-order valence-corrected chi connectivity index (χ2v) is 7.36. The van der Waals surface area contributed by atoms with Crippen molar-refractivity contribution in [3.8, 4) is 5.75 Å². The van der Waals surface area contributed by atoms with Gasteiger partial charge in [-0.15, -0.1) is 0 Å². The van der Waals surface area contributed by atoms with Crippen LogP contribution in [0.25, 0.3) is 0 Å². The van der Waals surface area contributed by atoms with Crippen molar-refractivity contribution in [1.29, 1.82) is 0 Å². The van der Waals surface area contributed by atoms with Crippen LogP contribution in [0.15, 0.2) is 47.4 Å².